The van der Waals surface area contributed by atoms with E-state index in [-0.39, 0.29) is 83.4 Å². The molecule has 3 amide bonds. The van der Waals surface area contributed by atoms with Crippen molar-refractivity contribution in [2.75, 3.05) is 88.5 Å². The number of amides is 3. The zero-order valence-corrected chi connectivity index (χ0v) is 88.1. The van der Waals surface area contributed by atoms with Gasteiger partial charge in [0.1, 0.15) is 59.6 Å². The Morgan fingerprint density at radius 3 is 1.53 bits per heavy atom. The quantitative estimate of drug-likeness (QED) is 0.0347. The summed E-state index contributed by atoms with van der Waals surface area (Å²) in [5.74, 6) is 3.24. The molecule has 38 heteroatoms. The molecule has 2 aromatic carbocycles. The molecule has 0 radical (unpaired) electrons. The van der Waals surface area contributed by atoms with E-state index in [1.54, 1.807) is 98.3 Å². The van der Waals surface area contributed by atoms with Gasteiger partial charge in [0.05, 0.1) is 27.9 Å². The third-order valence-electron chi connectivity index (χ3n) is 27.4. The van der Waals surface area contributed by atoms with Crippen molar-refractivity contribution < 1.29 is 67.1 Å². The highest BCUT2D eigenvalue weighted by molar-refractivity contribution is 7.92. The molecule has 11 aromatic rings. The van der Waals surface area contributed by atoms with Crippen molar-refractivity contribution in [3.05, 3.63) is 228 Å². The van der Waals surface area contributed by atoms with E-state index in [0.29, 0.717) is 117 Å². The third-order valence-corrected chi connectivity index (χ3v) is 32.6. The first-order chi connectivity index (χ1) is 68.0. The molecule has 5 unspecified atom stereocenters. The second kappa shape index (κ2) is 42.3. The van der Waals surface area contributed by atoms with Crippen molar-refractivity contribution in [2.24, 2.45) is 35.5 Å². The van der Waals surface area contributed by atoms with Crippen LogP contribution in [0.3, 0.4) is 0 Å². The molecule has 764 valence electrons. The number of aromatic nitrogens is 10. The lowest BCUT2D eigenvalue weighted by Crippen LogP contribution is -2.41. The van der Waals surface area contributed by atoms with Crippen LogP contribution >= 0.6 is 0 Å². The number of rotatable bonds is 27. The maximum atomic E-state index is 13.6. The smallest absolute Gasteiger partial charge is 0.281 e. The molecule has 1 saturated carbocycles. The molecule has 5 saturated heterocycles. The topological polar surface area (TPSA) is 432 Å². The van der Waals surface area contributed by atoms with Crippen LogP contribution in [0, 0.1) is 42.4 Å². The fourth-order valence-corrected chi connectivity index (χ4v) is 24.5. The van der Waals surface area contributed by atoms with E-state index in [9.17, 15) is 52.8 Å². The van der Waals surface area contributed by atoms with Gasteiger partial charge in [0, 0.05) is 110 Å². The van der Waals surface area contributed by atoms with Crippen LogP contribution in [-0.4, -0.2) is 193 Å². The summed E-state index contributed by atoms with van der Waals surface area (Å²) in [5, 5.41) is 3.75. The Bertz CT molecular complexity index is 7080. The van der Waals surface area contributed by atoms with Crippen molar-refractivity contribution in [1.82, 2.24) is 63.8 Å². The lowest BCUT2D eigenvalue weighted by atomic mass is 9.91. The maximum absolute atomic E-state index is 13.6. The predicted octanol–water partition coefficient (Wildman–Crippen LogP) is 16.0. The average Bonchev–Trinajstić information content (AvgIpc) is 1.62. The van der Waals surface area contributed by atoms with Crippen LogP contribution in [0.5, 0.6) is 17.4 Å². The SMILES string of the molecule is CC1CCN(c2cccc(S(=O)(=O)NC(=O)c3cccnc3N3CC(C)CC3(C)C)n2)C1.CC1CN(c2ncccc2C(=O)CS(=O)(=O)c2cccc(OCC3COc4ccccc4O3)n2)C(C)(C)C1.CCC1(c2ccc(-c3cnc(N4CC(C)CC4(C)C)c(C(=O)NS(=O)(=O)c4cccc(N)n4)c3)cc2)CC1.Cc1cccc(S(=O)(=O)NC(=O)c2ccc(-c3ccn(CC(C)C)n3)nc2N2C[C@@H](C)CC2(C)C)n1. The number of ether oxygens (including phenoxy) is 3. The first-order valence-corrected chi connectivity index (χ1v) is 55.1. The number of nitrogens with zero attached hydrogens (tertiary/aromatic N) is 15. The van der Waals surface area contributed by atoms with Crippen LogP contribution < -0.4 is 58.6 Å². The molecule has 1 aliphatic carbocycles. The molecule has 18 rings (SSSR count). The molecule has 0 bridgehead atoms. The Hall–Kier alpha value is -13.1. The monoisotopic (exact) mass is 2040 g/mol. The number of benzene rings is 2. The van der Waals surface area contributed by atoms with E-state index in [1.807, 2.05) is 41.2 Å². The zero-order valence-electron chi connectivity index (χ0n) is 84.8. The number of carbonyl (C=O) groups is 4. The number of fused-ring (bicyclic) bond motifs is 1. The van der Waals surface area contributed by atoms with E-state index >= 15 is 0 Å². The number of sulfone groups is 1. The highest BCUT2D eigenvalue weighted by atomic mass is 32.2. The van der Waals surface area contributed by atoms with Crippen LogP contribution in [0.25, 0.3) is 22.5 Å². The van der Waals surface area contributed by atoms with Crippen LogP contribution in [-0.2, 0) is 51.9 Å². The molecule has 0 spiro atoms. The van der Waals surface area contributed by atoms with Crippen molar-refractivity contribution in [3.8, 4) is 39.9 Å². The molecule has 15 heterocycles. The van der Waals surface area contributed by atoms with Gasteiger partial charge in [-0.1, -0.05) is 116 Å². The highest BCUT2D eigenvalue weighted by Crippen LogP contribution is 2.52. The fourth-order valence-electron chi connectivity index (χ4n) is 20.5. The van der Waals surface area contributed by atoms with Crippen LogP contribution in [0.4, 0.5) is 34.9 Å². The number of Topliss-reactive ketones (excluding diaryl/α,β-unsaturated/α-hetero) is 1. The standard InChI is InChI=1S/C29H35N5O3S.C28H31N3O6S.C26H34N6O3S.C23H31N5O3S/c1-5-29(13-14-29)22-11-9-20(10-12-22)21-15-23(26(31-17-21)34-18-19(2)16-28(34,3)4)27(35)33-38(36,37)25-8-6-7-24(30)32-25;1-19-14-28(2,3)31(15-19)27-21(8-7-13-29-27)22(32)18-38(33,34)26-12-6-11-25(30-26)36-17-20-16-35-23-9-4-5-10-24(23)37-20;1-17(2)15-31-13-12-22(29-31)21-11-10-20(24(28-21)32-16-18(3)14-26(32,5)6)25(33)30-36(34,35)23-9-7-8-19(4)27-23;1-16-10-12-27(14-16)19-8-5-9-20(25-19)32(30,31)26-22(29)18-7-6-11-24-21(18)28-15-17(2)13-23(28,3)4/h6-12,15,17,19H,5,13-14,16,18H2,1-4H3,(H2,30,32)(H,33,35);4-13,19-20H,14-18H2,1-3H3;7-13,17-18H,14-16H2,1-6H3,(H,30,33);5-9,11,16-17H,10,12-15H2,1-4H3,(H,26,29)/t;;18-;/m..0./s1. The number of pyridine rings is 8. The molecule has 6 atom stereocenters. The number of para-hydroxylation sites is 2. The second-order valence-corrected chi connectivity index (χ2v) is 49.0. The summed E-state index contributed by atoms with van der Waals surface area (Å²) in [6, 6.07) is 47.6. The van der Waals surface area contributed by atoms with E-state index in [1.165, 1.54) is 60.9 Å². The minimum absolute atomic E-state index is 0.0528. The predicted molar refractivity (Wildman–Crippen MR) is 555 cm³/mol. The highest BCUT2D eigenvalue weighted by Gasteiger charge is 2.46. The molecule has 9 aromatic heterocycles. The summed E-state index contributed by atoms with van der Waals surface area (Å²) < 4.78 is 130. The number of hydrogen-bond donors (Lipinski definition) is 4. The van der Waals surface area contributed by atoms with Crippen molar-refractivity contribution in [3.63, 3.8) is 0 Å². The van der Waals surface area contributed by atoms with E-state index in [2.05, 4.69) is 209 Å². The normalized spacial score (nSPS) is 20.0. The van der Waals surface area contributed by atoms with Gasteiger partial charge >= 0.3 is 0 Å². The molecular weight excluding hydrogens is 1910 g/mol. The lowest BCUT2D eigenvalue weighted by molar-refractivity contribution is 0.0520. The summed E-state index contributed by atoms with van der Waals surface area (Å²) in [6.45, 7) is 41.7. The first kappa shape index (κ1) is 105. The summed E-state index contributed by atoms with van der Waals surface area (Å²) in [5.41, 5.74) is 10.9. The largest absolute Gasteiger partial charge is 0.486 e. The number of sulfonamides is 3. The zero-order chi connectivity index (χ0) is 104. The molecular formula is C106H131N19O15S4. The minimum Gasteiger partial charge on any atom is -0.486 e. The molecule has 144 heavy (non-hydrogen) atoms. The number of nitrogens with one attached hydrogen (secondary N) is 3. The van der Waals surface area contributed by atoms with Gasteiger partial charge in [0.25, 0.3) is 47.8 Å². The first-order valence-electron chi connectivity index (χ1n) is 49.0. The number of carbonyl (C=O) groups excluding carboxylic acids is 4. The van der Waals surface area contributed by atoms with Gasteiger partial charge in [0.2, 0.25) is 15.7 Å². The lowest BCUT2D eigenvalue weighted by Gasteiger charge is -2.34. The third kappa shape index (κ3) is 24.4. The van der Waals surface area contributed by atoms with Gasteiger partial charge in [-0.2, -0.15) is 30.4 Å². The van der Waals surface area contributed by atoms with Gasteiger partial charge in [-0.05, 0) is 269 Å². The number of aryl methyl sites for hydroxylation is 1. The second-order valence-electron chi connectivity index (χ2n) is 42.2. The van der Waals surface area contributed by atoms with Crippen molar-refractivity contribution >= 4 is 98.3 Å². The number of hydrogen-bond acceptors (Lipinski definition) is 30. The Balaban J connectivity index is 0.000000145. The Labute approximate surface area is 845 Å². The summed E-state index contributed by atoms with van der Waals surface area (Å²) in [6.07, 6.45) is 14.9. The molecule has 7 aliphatic rings. The fraction of sp³-hybridized carbons (Fsp3) is 0.443. The van der Waals surface area contributed by atoms with Gasteiger partial charge in [-0.25, -0.2) is 62.5 Å². The van der Waals surface area contributed by atoms with Gasteiger partial charge in [0.15, 0.2) is 43.5 Å². The van der Waals surface area contributed by atoms with Gasteiger partial charge in [-0.15, -0.1) is 0 Å². The van der Waals surface area contributed by atoms with E-state index in [0.717, 1.165) is 88.9 Å². The van der Waals surface area contributed by atoms with Gasteiger partial charge in [-0.3, -0.25) is 23.9 Å². The summed E-state index contributed by atoms with van der Waals surface area (Å²) in [4.78, 5) is 98.7. The molecule has 6 aliphatic heterocycles. The maximum Gasteiger partial charge on any atom is 0.281 e. The molecule has 34 nitrogen and oxygen atoms in total. The van der Waals surface area contributed by atoms with Crippen molar-refractivity contribution in [1.29, 1.82) is 0 Å². The minimum atomic E-state index is -4.24. The van der Waals surface area contributed by atoms with Crippen LogP contribution in [0.1, 0.15) is 215 Å². The van der Waals surface area contributed by atoms with E-state index in [4.69, 9.17) is 29.9 Å². The van der Waals surface area contributed by atoms with E-state index < -0.39 is 69.2 Å². The Kier molecular flexibility index (Phi) is 30.9. The average molecular weight is 2040 g/mol. The Morgan fingerprint density at radius 1 is 0.493 bits per heavy atom. The number of anilines is 6. The summed E-state index contributed by atoms with van der Waals surface area (Å²) >= 11 is 0. The molecule has 5 N–H and O–H groups in total. The van der Waals surface area contributed by atoms with Gasteiger partial charge < -0.3 is 44.4 Å². The van der Waals surface area contributed by atoms with Crippen LogP contribution in [0.15, 0.2) is 215 Å². The summed E-state index contributed by atoms with van der Waals surface area (Å²) in [7, 11) is -16.6. The number of nitrogen functional groups attached to an aromatic ring is 1. The Morgan fingerprint density at radius 2 is 1.00 bits per heavy atom. The number of nitrogens with two attached hydrogens (primary N) is 1. The molecule has 6 fully saturated rings. The van der Waals surface area contributed by atoms with Crippen molar-refractivity contribution in [2.45, 2.75) is 229 Å². The van der Waals surface area contributed by atoms with Crippen LogP contribution in [0.2, 0.25) is 0 Å². The number of ketones is 1.